The lowest BCUT2D eigenvalue weighted by Crippen LogP contribution is -2.56. The van der Waals surface area contributed by atoms with Crippen molar-refractivity contribution in [3.05, 3.63) is 71.8 Å². The number of rotatable bonds is 15. The van der Waals surface area contributed by atoms with E-state index in [2.05, 4.69) is 16.0 Å². The number of carboxylic acids is 1. The predicted octanol–water partition coefficient (Wildman–Crippen LogP) is 2.01. The van der Waals surface area contributed by atoms with E-state index in [9.17, 15) is 24.3 Å². The third kappa shape index (κ3) is 11.1. The van der Waals surface area contributed by atoms with Crippen LogP contribution in [0.5, 0.6) is 0 Å². The fourth-order valence-electron chi connectivity index (χ4n) is 4.05. The van der Waals surface area contributed by atoms with Crippen LogP contribution in [0.2, 0.25) is 0 Å². The molecule has 0 aliphatic heterocycles. The van der Waals surface area contributed by atoms with Crippen molar-refractivity contribution in [3.63, 3.8) is 0 Å². The van der Waals surface area contributed by atoms with E-state index in [-0.39, 0.29) is 24.8 Å². The molecule has 9 heteroatoms. The number of benzene rings is 2. The van der Waals surface area contributed by atoms with E-state index in [1.165, 1.54) is 0 Å². The molecule has 2 rings (SSSR count). The second kappa shape index (κ2) is 15.5. The number of aryl methyl sites for hydroxylation is 1. The number of carbonyl (C=O) groups excluding carboxylic acids is 3. The highest BCUT2D eigenvalue weighted by atomic mass is 16.4. The van der Waals surface area contributed by atoms with Crippen molar-refractivity contribution < 1.29 is 24.3 Å². The summed E-state index contributed by atoms with van der Waals surface area (Å²) >= 11 is 0. The van der Waals surface area contributed by atoms with E-state index in [1.807, 2.05) is 50.2 Å². The Labute approximate surface area is 225 Å². The van der Waals surface area contributed by atoms with Crippen LogP contribution in [0.25, 0.3) is 0 Å². The molecule has 0 aromatic heterocycles. The van der Waals surface area contributed by atoms with Crippen LogP contribution < -0.4 is 16.0 Å². The van der Waals surface area contributed by atoms with Crippen molar-refractivity contribution >= 4 is 23.7 Å². The number of likely N-dealkylation sites (N-methyl/N-ethyl adjacent to an activating group) is 1. The molecule has 0 unspecified atom stereocenters. The largest absolute Gasteiger partial charge is 0.480 e. The second-order valence-corrected chi connectivity index (χ2v) is 10.2. The van der Waals surface area contributed by atoms with Gasteiger partial charge >= 0.3 is 5.97 Å². The van der Waals surface area contributed by atoms with Crippen molar-refractivity contribution in [2.24, 2.45) is 5.92 Å². The van der Waals surface area contributed by atoms with Gasteiger partial charge in [0.2, 0.25) is 17.7 Å². The van der Waals surface area contributed by atoms with E-state index in [0.29, 0.717) is 19.3 Å². The molecule has 0 aliphatic carbocycles. The Bertz CT molecular complexity index is 1040. The lowest BCUT2D eigenvalue weighted by molar-refractivity contribution is -0.142. The highest BCUT2D eigenvalue weighted by molar-refractivity contribution is 5.93. The maximum Gasteiger partial charge on any atom is 0.326 e. The molecule has 38 heavy (non-hydrogen) atoms. The first-order chi connectivity index (χ1) is 18.0. The number of amides is 3. The van der Waals surface area contributed by atoms with E-state index in [0.717, 1.165) is 11.1 Å². The van der Waals surface area contributed by atoms with Gasteiger partial charge in [-0.3, -0.25) is 14.4 Å². The SMILES string of the molecule is CC(C)C[C@H](NC(=O)[C@H](CCc1ccccc1)NC(=O)CN(C)C)C(=O)N[C@@H](Cc1ccccc1)C(=O)O. The molecular formula is C29H40N4O5. The molecule has 2 aromatic carbocycles. The van der Waals surface area contributed by atoms with Crippen molar-refractivity contribution in [1.82, 2.24) is 20.9 Å². The summed E-state index contributed by atoms with van der Waals surface area (Å²) in [5.41, 5.74) is 1.79. The first-order valence-electron chi connectivity index (χ1n) is 12.9. The van der Waals surface area contributed by atoms with E-state index in [4.69, 9.17) is 0 Å². The molecule has 3 atom stereocenters. The molecule has 0 saturated heterocycles. The normalized spacial score (nSPS) is 13.4. The summed E-state index contributed by atoms with van der Waals surface area (Å²) in [6.07, 6.45) is 1.33. The summed E-state index contributed by atoms with van der Waals surface area (Å²) in [7, 11) is 3.52. The van der Waals surface area contributed by atoms with Crippen molar-refractivity contribution in [3.8, 4) is 0 Å². The molecule has 4 N–H and O–H groups in total. The lowest BCUT2D eigenvalue weighted by Gasteiger charge is -2.26. The van der Waals surface area contributed by atoms with Crippen molar-refractivity contribution in [2.45, 2.75) is 57.7 Å². The van der Waals surface area contributed by atoms with Gasteiger partial charge in [0.05, 0.1) is 6.54 Å². The number of aliphatic carboxylic acids is 1. The molecule has 0 bridgehead atoms. The number of hydrogen-bond donors (Lipinski definition) is 4. The van der Waals surface area contributed by atoms with Gasteiger partial charge in [0.25, 0.3) is 0 Å². The summed E-state index contributed by atoms with van der Waals surface area (Å²) in [5.74, 6) is -2.47. The highest BCUT2D eigenvalue weighted by Crippen LogP contribution is 2.10. The monoisotopic (exact) mass is 524 g/mol. The van der Waals surface area contributed by atoms with Crippen LogP contribution in [0.15, 0.2) is 60.7 Å². The molecule has 0 fully saturated rings. The van der Waals surface area contributed by atoms with E-state index >= 15 is 0 Å². The Hall–Kier alpha value is -3.72. The predicted molar refractivity (Wildman–Crippen MR) is 146 cm³/mol. The molecule has 9 nitrogen and oxygen atoms in total. The standard InChI is InChI=1S/C29H40N4O5/c1-20(2)17-24(28(36)32-25(29(37)38)18-22-13-9-6-10-14-22)31-27(35)23(30-26(34)19-33(3)4)16-15-21-11-7-5-8-12-21/h5-14,20,23-25H,15-19H2,1-4H3,(H,30,34)(H,31,35)(H,32,36)(H,37,38)/t23-,24-,25-/m0/s1. The zero-order chi connectivity index (χ0) is 28.1. The van der Waals surface area contributed by atoms with Crippen molar-refractivity contribution in [1.29, 1.82) is 0 Å². The first kappa shape index (κ1) is 30.5. The molecule has 0 heterocycles. The third-order valence-electron chi connectivity index (χ3n) is 5.91. The van der Waals surface area contributed by atoms with Gasteiger partial charge in [0.1, 0.15) is 18.1 Å². The third-order valence-corrected chi connectivity index (χ3v) is 5.91. The second-order valence-electron chi connectivity index (χ2n) is 10.2. The number of nitrogens with zero attached hydrogens (tertiary/aromatic N) is 1. The minimum Gasteiger partial charge on any atom is -0.480 e. The number of carboxylic acid groups (broad SMARTS) is 1. The van der Waals surface area contributed by atoms with Crippen molar-refractivity contribution in [2.75, 3.05) is 20.6 Å². The fraction of sp³-hybridized carbons (Fsp3) is 0.448. The molecular weight excluding hydrogens is 484 g/mol. The highest BCUT2D eigenvalue weighted by Gasteiger charge is 2.30. The van der Waals surface area contributed by atoms with Crippen LogP contribution in [-0.4, -0.2) is 72.5 Å². The van der Waals surface area contributed by atoms with Crippen LogP contribution in [0, 0.1) is 5.92 Å². The molecule has 0 spiro atoms. The first-order valence-corrected chi connectivity index (χ1v) is 12.9. The van der Waals surface area contributed by atoms with Gasteiger partial charge in [-0.05, 0) is 50.4 Å². The molecule has 3 amide bonds. The minimum absolute atomic E-state index is 0.0505. The Morgan fingerprint density at radius 2 is 1.29 bits per heavy atom. The van der Waals surface area contributed by atoms with Crippen LogP contribution in [0.3, 0.4) is 0 Å². The quantitative estimate of drug-likeness (QED) is 0.282. The fourth-order valence-corrected chi connectivity index (χ4v) is 4.05. The Morgan fingerprint density at radius 1 is 0.763 bits per heavy atom. The van der Waals surface area contributed by atoms with Crippen LogP contribution in [0.4, 0.5) is 0 Å². The Balaban J connectivity index is 2.15. The maximum absolute atomic E-state index is 13.4. The average molecular weight is 525 g/mol. The summed E-state index contributed by atoms with van der Waals surface area (Å²) in [5, 5.41) is 17.9. The smallest absolute Gasteiger partial charge is 0.326 e. The lowest BCUT2D eigenvalue weighted by atomic mass is 10.00. The van der Waals surface area contributed by atoms with Gasteiger partial charge in [0.15, 0.2) is 0 Å². The van der Waals surface area contributed by atoms with Crippen LogP contribution in [-0.2, 0) is 32.0 Å². The topological polar surface area (TPSA) is 128 Å². The number of carbonyl (C=O) groups is 4. The molecule has 0 radical (unpaired) electrons. The van der Waals surface area contributed by atoms with Crippen LogP contribution >= 0.6 is 0 Å². The zero-order valence-electron chi connectivity index (χ0n) is 22.6. The Morgan fingerprint density at radius 3 is 1.82 bits per heavy atom. The van der Waals surface area contributed by atoms with Gasteiger partial charge in [-0.25, -0.2) is 4.79 Å². The molecule has 0 saturated carbocycles. The number of nitrogens with one attached hydrogen (secondary N) is 3. The minimum atomic E-state index is -1.16. The van der Waals surface area contributed by atoms with Crippen LogP contribution in [0.1, 0.15) is 37.8 Å². The number of hydrogen-bond acceptors (Lipinski definition) is 5. The van der Waals surface area contributed by atoms with Gasteiger partial charge in [0, 0.05) is 6.42 Å². The zero-order valence-corrected chi connectivity index (χ0v) is 22.6. The maximum atomic E-state index is 13.4. The molecule has 206 valence electrons. The molecule has 2 aromatic rings. The van der Waals surface area contributed by atoms with Gasteiger partial charge in [-0.15, -0.1) is 0 Å². The molecule has 0 aliphatic rings. The summed E-state index contributed by atoms with van der Waals surface area (Å²) in [6, 6.07) is 15.7. The summed E-state index contributed by atoms with van der Waals surface area (Å²) in [6.45, 7) is 3.94. The van der Waals surface area contributed by atoms with Gasteiger partial charge in [-0.1, -0.05) is 74.5 Å². The van der Waals surface area contributed by atoms with E-state index < -0.39 is 35.9 Å². The Kier molecular flexibility index (Phi) is 12.5. The summed E-state index contributed by atoms with van der Waals surface area (Å²) in [4.78, 5) is 52.7. The van der Waals surface area contributed by atoms with E-state index in [1.54, 1.807) is 43.3 Å². The van der Waals surface area contributed by atoms with Gasteiger partial charge < -0.3 is 26.0 Å². The average Bonchev–Trinajstić information content (AvgIpc) is 2.86. The van der Waals surface area contributed by atoms with Gasteiger partial charge in [-0.2, -0.15) is 0 Å². The summed E-state index contributed by atoms with van der Waals surface area (Å²) < 4.78 is 0.